The Morgan fingerprint density at radius 1 is 1.33 bits per heavy atom. The molecule has 3 atom stereocenters. The summed E-state index contributed by atoms with van der Waals surface area (Å²) in [6, 6.07) is 7.74. The van der Waals surface area contributed by atoms with Gasteiger partial charge in [0.1, 0.15) is 5.75 Å². The van der Waals surface area contributed by atoms with Gasteiger partial charge in [0.2, 0.25) is 11.1 Å². The number of hydrogen-bond donors (Lipinski definition) is 2. The lowest BCUT2D eigenvalue weighted by molar-refractivity contribution is -0.120. The second kappa shape index (κ2) is 8.65. The third kappa shape index (κ3) is 4.37. The first-order valence-corrected chi connectivity index (χ1v) is 10.3. The van der Waals surface area contributed by atoms with E-state index in [4.69, 9.17) is 10.6 Å². The van der Waals surface area contributed by atoms with E-state index in [1.165, 1.54) is 29.3 Å². The van der Waals surface area contributed by atoms with Crippen LogP contribution in [0.15, 0.2) is 29.4 Å². The van der Waals surface area contributed by atoms with Gasteiger partial charge in [0.15, 0.2) is 5.82 Å². The van der Waals surface area contributed by atoms with Crippen molar-refractivity contribution >= 4 is 17.7 Å². The Kier molecular flexibility index (Phi) is 6.26. The van der Waals surface area contributed by atoms with Crippen LogP contribution in [-0.2, 0) is 4.79 Å². The average molecular weight is 390 g/mol. The first-order valence-electron chi connectivity index (χ1n) is 9.27. The quantitative estimate of drug-likeness (QED) is 0.583. The van der Waals surface area contributed by atoms with Crippen LogP contribution in [0.3, 0.4) is 0 Å². The molecule has 0 bridgehead atoms. The number of nitrogens with two attached hydrogens (primary N) is 1. The molecule has 0 radical (unpaired) electrons. The van der Waals surface area contributed by atoms with Crippen molar-refractivity contribution in [3.05, 3.63) is 24.3 Å². The number of nitrogen functional groups attached to an aromatic ring is 1. The Hall–Kier alpha value is -2.22. The number of aromatic nitrogens is 3. The van der Waals surface area contributed by atoms with Crippen molar-refractivity contribution in [2.75, 3.05) is 18.7 Å². The van der Waals surface area contributed by atoms with Gasteiger partial charge in [-0.05, 0) is 30.4 Å². The molecule has 7 nitrogen and oxygen atoms in total. The van der Waals surface area contributed by atoms with E-state index >= 15 is 0 Å². The Balaban J connectivity index is 1.62. The van der Waals surface area contributed by atoms with Gasteiger partial charge in [-0.3, -0.25) is 4.79 Å². The lowest BCUT2D eigenvalue weighted by Gasteiger charge is -2.34. The number of rotatable bonds is 6. The van der Waals surface area contributed by atoms with Crippen LogP contribution in [0.1, 0.15) is 33.1 Å². The molecule has 0 saturated heterocycles. The Morgan fingerprint density at radius 2 is 2.11 bits per heavy atom. The highest BCUT2D eigenvalue weighted by Gasteiger charge is 2.28. The van der Waals surface area contributed by atoms with Crippen molar-refractivity contribution in [1.82, 2.24) is 20.2 Å². The summed E-state index contributed by atoms with van der Waals surface area (Å²) >= 11 is 1.29. The van der Waals surface area contributed by atoms with E-state index in [1.807, 2.05) is 24.3 Å². The second-order valence-electron chi connectivity index (χ2n) is 7.11. The molecule has 1 aromatic carbocycles. The van der Waals surface area contributed by atoms with Crippen LogP contribution in [0.25, 0.3) is 11.4 Å². The number of benzene rings is 1. The van der Waals surface area contributed by atoms with Crippen LogP contribution < -0.4 is 15.9 Å². The zero-order chi connectivity index (χ0) is 19.4. The van der Waals surface area contributed by atoms with E-state index in [0.29, 0.717) is 28.6 Å². The molecule has 0 aliphatic heterocycles. The molecule has 0 spiro atoms. The summed E-state index contributed by atoms with van der Waals surface area (Å²) in [7, 11) is 1.60. The van der Waals surface area contributed by atoms with Crippen molar-refractivity contribution in [3.8, 4) is 17.1 Å². The minimum atomic E-state index is 0.00721. The van der Waals surface area contributed by atoms with E-state index < -0.39 is 0 Å². The van der Waals surface area contributed by atoms with Crippen molar-refractivity contribution < 1.29 is 9.53 Å². The smallest absolute Gasteiger partial charge is 0.230 e. The van der Waals surface area contributed by atoms with Crippen LogP contribution in [0.4, 0.5) is 0 Å². The monoisotopic (exact) mass is 389 g/mol. The fraction of sp³-hybridized carbons (Fsp3) is 0.526. The minimum absolute atomic E-state index is 0.00721. The zero-order valence-corrected chi connectivity index (χ0v) is 16.8. The minimum Gasteiger partial charge on any atom is -0.496 e. The highest BCUT2D eigenvalue weighted by atomic mass is 32.2. The predicted molar refractivity (Wildman–Crippen MR) is 107 cm³/mol. The molecule has 1 amide bonds. The molecule has 27 heavy (non-hydrogen) atoms. The molecule has 146 valence electrons. The van der Waals surface area contributed by atoms with Gasteiger partial charge in [0.25, 0.3) is 0 Å². The lowest BCUT2D eigenvalue weighted by Crippen LogP contribution is -2.44. The first kappa shape index (κ1) is 19.5. The highest BCUT2D eigenvalue weighted by molar-refractivity contribution is 7.99. The Bertz CT molecular complexity index is 794. The van der Waals surface area contributed by atoms with E-state index in [1.54, 1.807) is 7.11 Å². The van der Waals surface area contributed by atoms with Crippen LogP contribution in [0.5, 0.6) is 5.75 Å². The SMILES string of the molecule is COc1ccccc1-c1nnc(SCC(=O)NC2CCCC(C)C2C)n1N. The summed E-state index contributed by atoms with van der Waals surface area (Å²) in [4.78, 5) is 12.4. The van der Waals surface area contributed by atoms with Crippen molar-refractivity contribution in [1.29, 1.82) is 0 Å². The molecule has 8 heteroatoms. The van der Waals surface area contributed by atoms with Crippen LogP contribution in [0.2, 0.25) is 0 Å². The van der Waals surface area contributed by atoms with E-state index in [-0.39, 0.29) is 17.7 Å². The maximum Gasteiger partial charge on any atom is 0.230 e. The largest absolute Gasteiger partial charge is 0.496 e. The summed E-state index contributed by atoms with van der Waals surface area (Å²) in [5.41, 5.74) is 0.760. The second-order valence-corrected chi connectivity index (χ2v) is 8.05. The molecule has 3 N–H and O–H groups in total. The number of ether oxygens (including phenoxy) is 1. The van der Waals surface area contributed by atoms with Gasteiger partial charge in [-0.25, -0.2) is 4.68 Å². The summed E-state index contributed by atoms with van der Waals surface area (Å²) in [5.74, 6) is 8.75. The normalized spacial score (nSPS) is 22.4. The number of methoxy groups -OCH3 is 1. The Morgan fingerprint density at radius 3 is 2.89 bits per heavy atom. The maximum atomic E-state index is 12.4. The third-order valence-corrected chi connectivity index (χ3v) is 6.34. The van der Waals surface area contributed by atoms with Gasteiger partial charge in [-0.15, -0.1) is 10.2 Å². The van der Waals surface area contributed by atoms with Gasteiger partial charge >= 0.3 is 0 Å². The lowest BCUT2D eigenvalue weighted by atomic mass is 9.78. The molecule has 3 rings (SSSR count). The summed E-state index contributed by atoms with van der Waals surface area (Å²) in [6.45, 7) is 4.48. The summed E-state index contributed by atoms with van der Waals surface area (Å²) < 4.78 is 6.76. The number of thioether (sulfide) groups is 1. The third-order valence-electron chi connectivity index (χ3n) is 5.40. The molecule has 1 heterocycles. The van der Waals surface area contributed by atoms with Crippen molar-refractivity contribution in [3.63, 3.8) is 0 Å². The molecule has 1 aliphatic carbocycles. The Labute approximate surface area is 164 Å². The topological polar surface area (TPSA) is 95.1 Å². The van der Waals surface area contributed by atoms with Crippen molar-refractivity contribution in [2.24, 2.45) is 11.8 Å². The van der Waals surface area contributed by atoms with Crippen LogP contribution in [0, 0.1) is 11.8 Å². The van der Waals surface area contributed by atoms with Crippen LogP contribution >= 0.6 is 11.8 Å². The number of hydrogen-bond acceptors (Lipinski definition) is 6. The van der Waals surface area contributed by atoms with E-state index in [2.05, 4.69) is 29.4 Å². The summed E-state index contributed by atoms with van der Waals surface area (Å²) in [6.07, 6.45) is 3.46. The van der Waals surface area contributed by atoms with Gasteiger partial charge in [0.05, 0.1) is 18.4 Å². The van der Waals surface area contributed by atoms with Gasteiger partial charge in [0, 0.05) is 6.04 Å². The first-order chi connectivity index (χ1) is 13.0. The molecular formula is C19H27N5O2S. The van der Waals surface area contributed by atoms with Gasteiger partial charge < -0.3 is 15.9 Å². The standard InChI is InChI=1S/C19H27N5O2S/c1-12-7-6-9-15(13(12)2)21-17(25)11-27-19-23-22-18(24(19)20)14-8-4-5-10-16(14)26-3/h4-5,8,10,12-13,15H,6-7,9,11,20H2,1-3H3,(H,21,25). The van der Waals surface area contributed by atoms with Gasteiger partial charge in [-0.1, -0.05) is 50.6 Å². The van der Waals surface area contributed by atoms with E-state index in [9.17, 15) is 4.79 Å². The fourth-order valence-corrected chi connectivity index (χ4v) is 4.22. The zero-order valence-electron chi connectivity index (χ0n) is 16.0. The fourth-order valence-electron chi connectivity index (χ4n) is 3.55. The molecule has 1 fully saturated rings. The average Bonchev–Trinajstić information content (AvgIpc) is 3.04. The number of amides is 1. The molecule has 1 saturated carbocycles. The predicted octanol–water partition coefficient (Wildman–Crippen LogP) is 2.70. The number of carbonyl (C=O) groups is 1. The number of carbonyl (C=O) groups excluding carboxylic acids is 1. The molecule has 3 unspecified atom stereocenters. The molecular weight excluding hydrogens is 362 g/mol. The van der Waals surface area contributed by atoms with E-state index in [0.717, 1.165) is 12.0 Å². The number of nitrogens with zero attached hydrogens (tertiary/aromatic N) is 3. The highest BCUT2D eigenvalue weighted by Crippen LogP contribution is 2.30. The van der Waals surface area contributed by atoms with Crippen molar-refractivity contribution in [2.45, 2.75) is 44.3 Å². The molecule has 1 aromatic heterocycles. The summed E-state index contributed by atoms with van der Waals surface area (Å²) in [5, 5.41) is 12.0. The van der Waals surface area contributed by atoms with Crippen LogP contribution in [-0.4, -0.2) is 39.7 Å². The number of nitrogens with one attached hydrogen (secondary N) is 1. The maximum absolute atomic E-state index is 12.4. The molecule has 2 aromatic rings. The van der Waals surface area contributed by atoms with Gasteiger partial charge in [-0.2, -0.15) is 0 Å². The number of para-hydroxylation sites is 1. The molecule has 1 aliphatic rings.